The number of rotatable bonds is 5. The van der Waals surface area contributed by atoms with Gasteiger partial charge in [-0.05, 0) is 25.5 Å². The molecule has 0 bridgehead atoms. The van der Waals surface area contributed by atoms with Crippen LogP contribution in [0.25, 0.3) is 10.9 Å². The van der Waals surface area contributed by atoms with Crippen molar-refractivity contribution in [2.45, 2.75) is 26.3 Å². The SMILES string of the molecule is COC(=O)C(Cc1c[nH]c2ccccc12)NC(=O)c1sc(C)nc1C. The maximum Gasteiger partial charge on any atom is 0.328 e. The summed E-state index contributed by atoms with van der Waals surface area (Å²) >= 11 is 1.31. The quantitative estimate of drug-likeness (QED) is 0.688. The van der Waals surface area contributed by atoms with E-state index in [9.17, 15) is 9.59 Å². The Labute approximate surface area is 149 Å². The Morgan fingerprint density at radius 3 is 2.76 bits per heavy atom. The minimum atomic E-state index is -0.765. The van der Waals surface area contributed by atoms with Gasteiger partial charge in [0.05, 0.1) is 17.8 Å². The number of H-pyrrole nitrogens is 1. The second kappa shape index (κ2) is 7.06. The number of esters is 1. The van der Waals surface area contributed by atoms with Gasteiger partial charge < -0.3 is 15.0 Å². The predicted octanol–water partition coefficient (Wildman–Crippen LogP) is 2.76. The van der Waals surface area contributed by atoms with Gasteiger partial charge in [0, 0.05) is 23.5 Å². The van der Waals surface area contributed by atoms with Crippen LogP contribution in [0.3, 0.4) is 0 Å². The van der Waals surface area contributed by atoms with Crippen molar-refractivity contribution in [3.63, 3.8) is 0 Å². The molecule has 7 heteroatoms. The van der Waals surface area contributed by atoms with Crippen LogP contribution in [0.1, 0.15) is 25.9 Å². The Hall–Kier alpha value is -2.67. The number of aromatic amines is 1. The van der Waals surface area contributed by atoms with Crippen molar-refractivity contribution in [3.05, 3.63) is 51.6 Å². The number of nitrogens with one attached hydrogen (secondary N) is 2. The number of nitrogens with zero attached hydrogens (tertiary/aromatic N) is 1. The first-order valence-corrected chi connectivity index (χ1v) is 8.69. The lowest BCUT2D eigenvalue weighted by molar-refractivity contribution is -0.142. The largest absolute Gasteiger partial charge is 0.467 e. The maximum atomic E-state index is 12.5. The first-order chi connectivity index (χ1) is 12.0. The normalized spacial score (nSPS) is 12.1. The van der Waals surface area contributed by atoms with Gasteiger partial charge in [-0.3, -0.25) is 4.79 Å². The molecule has 2 heterocycles. The minimum absolute atomic E-state index is 0.307. The average Bonchev–Trinajstić information content (AvgIpc) is 3.16. The van der Waals surface area contributed by atoms with Crippen LogP contribution in [-0.2, 0) is 16.0 Å². The number of aryl methyl sites for hydroxylation is 2. The molecular weight excluding hydrogens is 338 g/mol. The number of hydrogen-bond donors (Lipinski definition) is 2. The minimum Gasteiger partial charge on any atom is -0.467 e. The fourth-order valence-electron chi connectivity index (χ4n) is 2.82. The molecule has 3 aromatic rings. The molecule has 0 saturated carbocycles. The number of methoxy groups -OCH3 is 1. The molecule has 0 spiro atoms. The molecule has 25 heavy (non-hydrogen) atoms. The fourth-order valence-corrected chi connectivity index (χ4v) is 3.64. The van der Waals surface area contributed by atoms with E-state index in [0.717, 1.165) is 21.5 Å². The molecular formula is C18H19N3O3S. The zero-order valence-electron chi connectivity index (χ0n) is 14.3. The van der Waals surface area contributed by atoms with Gasteiger partial charge >= 0.3 is 5.97 Å². The monoisotopic (exact) mass is 357 g/mol. The summed E-state index contributed by atoms with van der Waals surface area (Å²) in [4.78, 5) is 32.7. The van der Waals surface area contributed by atoms with E-state index in [4.69, 9.17) is 4.74 Å². The molecule has 2 aromatic heterocycles. The van der Waals surface area contributed by atoms with E-state index >= 15 is 0 Å². The third-order valence-corrected chi connectivity index (χ3v) is 5.07. The molecule has 0 aliphatic rings. The fraction of sp³-hybridized carbons (Fsp3) is 0.278. The van der Waals surface area contributed by atoms with Crippen molar-refractivity contribution in [2.24, 2.45) is 0 Å². The van der Waals surface area contributed by atoms with Crippen molar-refractivity contribution in [3.8, 4) is 0 Å². The van der Waals surface area contributed by atoms with Crippen LogP contribution < -0.4 is 5.32 Å². The molecule has 3 rings (SSSR count). The summed E-state index contributed by atoms with van der Waals surface area (Å²) in [5.41, 5.74) is 2.60. The van der Waals surface area contributed by atoms with E-state index in [0.29, 0.717) is 17.0 Å². The molecule has 130 valence electrons. The van der Waals surface area contributed by atoms with E-state index in [1.165, 1.54) is 18.4 Å². The Balaban J connectivity index is 1.84. The van der Waals surface area contributed by atoms with E-state index in [-0.39, 0.29) is 5.91 Å². The highest BCUT2D eigenvalue weighted by Crippen LogP contribution is 2.21. The van der Waals surface area contributed by atoms with E-state index in [2.05, 4.69) is 15.3 Å². The molecule has 0 saturated heterocycles. The van der Waals surface area contributed by atoms with E-state index < -0.39 is 12.0 Å². The zero-order chi connectivity index (χ0) is 18.0. The Bertz CT molecular complexity index is 929. The molecule has 0 aliphatic carbocycles. The summed E-state index contributed by atoms with van der Waals surface area (Å²) in [6, 6.07) is 7.06. The van der Waals surface area contributed by atoms with Crippen LogP contribution >= 0.6 is 11.3 Å². The van der Waals surface area contributed by atoms with Crippen molar-refractivity contribution in [2.75, 3.05) is 7.11 Å². The van der Waals surface area contributed by atoms with Crippen molar-refractivity contribution < 1.29 is 14.3 Å². The average molecular weight is 357 g/mol. The van der Waals surface area contributed by atoms with E-state index in [1.54, 1.807) is 6.92 Å². The zero-order valence-corrected chi connectivity index (χ0v) is 15.1. The van der Waals surface area contributed by atoms with Crippen molar-refractivity contribution in [1.29, 1.82) is 0 Å². The Morgan fingerprint density at radius 2 is 2.08 bits per heavy atom. The molecule has 2 N–H and O–H groups in total. The summed E-state index contributed by atoms with van der Waals surface area (Å²) in [6.45, 7) is 3.63. The molecule has 1 aromatic carbocycles. The smallest absolute Gasteiger partial charge is 0.328 e. The summed E-state index contributed by atoms with van der Waals surface area (Å²) in [6.07, 6.45) is 2.20. The third kappa shape index (κ3) is 3.56. The van der Waals surface area contributed by atoms with Crippen LogP contribution in [0.2, 0.25) is 0 Å². The molecule has 1 atom stereocenters. The highest BCUT2D eigenvalue weighted by atomic mass is 32.1. The maximum absolute atomic E-state index is 12.5. The highest BCUT2D eigenvalue weighted by Gasteiger charge is 2.25. The molecule has 1 unspecified atom stereocenters. The summed E-state index contributed by atoms with van der Waals surface area (Å²) in [5, 5.41) is 4.62. The first-order valence-electron chi connectivity index (χ1n) is 7.87. The summed E-state index contributed by atoms with van der Waals surface area (Å²) < 4.78 is 4.87. The number of carbonyl (C=O) groups is 2. The second-order valence-electron chi connectivity index (χ2n) is 5.76. The number of benzene rings is 1. The first kappa shape index (κ1) is 17.2. The van der Waals surface area contributed by atoms with Gasteiger partial charge in [0.25, 0.3) is 5.91 Å². The van der Waals surface area contributed by atoms with Gasteiger partial charge in [0.15, 0.2) is 0 Å². The van der Waals surface area contributed by atoms with Crippen LogP contribution in [0.15, 0.2) is 30.5 Å². The van der Waals surface area contributed by atoms with Crippen molar-refractivity contribution in [1.82, 2.24) is 15.3 Å². The van der Waals surface area contributed by atoms with Gasteiger partial charge in [-0.2, -0.15) is 0 Å². The third-order valence-electron chi connectivity index (χ3n) is 4.00. The van der Waals surface area contributed by atoms with Gasteiger partial charge in [0.1, 0.15) is 10.9 Å². The van der Waals surface area contributed by atoms with Gasteiger partial charge in [-0.1, -0.05) is 18.2 Å². The highest BCUT2D eigenvalue weighted by molar-refractivity contribution is 7.13. The summed E-state index contributed by atoms with van der Waals surface area (Å²) in [7, 11) is 1.32. The number of hydrogen-bond acceptors (Lipinski definition) is 5. The van der Waals surface area contributed by atoms with Crippen molar-refractivity contribution >= 4 is 34.1 Å². The Kier molecular flexibility index (Phi) is 4.85. The van der Waals surface area contributed by atoms with Gasteiger partial charge in [-0.15, -0.1) is 11.3 Å². The number of aromatic nitrogens is 2. The second-order valence-corrected chi connectivity index (χ2v) is 6.96. The number of amides is 1. The lowest BCUT2D eigenvalue weighted by atomic mass is 10.0. The van der Waals surface area contributed by atoms with E-state index in [1.807, 2.05) is 37.4 Å². The van der Waals surface area contributed by atoms with Crippen LogP contribution in [-0.4, -0.2) is 35.0 Å². The standard InChI is InChI=1S/C18H19N3O3S/c1-10-16(25-11(2)20-10)17(22)21-15(18(23)24-3)8-12-9-19-14-7-5-4-6-13(12)14/h4-7,9,15,19H,8H2,1-3H3,(H,21,22). The number of para-hydroxylation sites is 1. The topological polar surface area (TPSA) is 84.1 Å². The van der Waals surface area contributed by atoms with Gasteiger partial charge in [-0.25, -0.2) is 9.78 Å². The molecule has 6 nitrogen and oxygen atoms in total. The van der Waals surface area contributed by atoms with Crippen LogP contribution in [0, 0.1) is 13.8 Å². The molecule has 1 amide bonds. The van der Waals surface area contributed by atoms with Crippen LogP contribution in [0.4, 0.5) is 0 Å². The lowest BCUT2D eigenvalue weighted by Crippen LogP contribution is -2.43. The number of fused-ring (bicyclic) bond motifs is 1. The molecule has 0 radical (unpaired) electrons. The number of carbonyl (C=O) groups excluding carboxylic acids is 2. The van der Waals surface area contributed by atoms with Gasteiger partial charge in [0.2, 0.25) is 0 Å². The molecule has 0 fully saturated rings. The number of thiazole rings is 1. The molecule has 0 aliphatic heterocycles. The Morgan fingerprint density at radius 1 is 1.32 bits per heavy atom. The predicted molar refractivity (Wildman–Crippen MR) is 96.9 cm³/mol. The lowest BCUT2D eigenvalue weighted by Gasteiger charge is -2.16. The number of ether oxygens (including phenoxy) is 1. The van der Waals surface area contributed by atoms with Crippen LogP contribution in [0.5, 0.6) is 0 Å². The summed E-state index contributed by atoms with van der Waals surface area (Å²) in [5.74, 6) is -0.782.